The molecule has 2 N–H and O–H groups in total. The lowest BCUT2D eigenvalue weighted by Crippen LogP contribution is -2.57. The van der Waals surface area contributed by atoms with Gasteiger partial charge in [-0.2, -0.15) is 0 Å². The molecule has 0 aromatic heterocycles. The van der Waals surface area contributed by atoms with Crippen molar-refractivity contribution in [3.05, 3.63) is 0 Å². The van der Waals surface area contributed by atoms with E-state index < -0.39 is 0 Å². The van der Waals surface area contributed by atoms with Gasteiger partial charge in [-0.1, -0.05) is 12.3 Å². The van der Waals surface area contributed by atoms with Gasteiger partial charge in [-0.15, -0.1) is 6.42 Å². The smallest absolute Gasteiger partial charge is 0.0807 e. The summed E-state index contributed by atoms with van der Waals surface area (Å²) in [6.07, 6.45) is 10.4. The third-order valence-electron chi connectivity index (χ3n) is 3.19. The Kier molecular flexibility index (Phi) is 1.10. The second-order valence-electron chi connectivity index (χ2n) is 3.69. The fourth-order valence-electron chi connectivity index (χ4n) is 2.55. The number of terminal acetylenes is 1. The van der Waals surface area contributed by atoms with E-state index in [1.54, 1.807) is 0 Å². The molecule has 10 heavy (non-hydrogen) atoms. The van der Waals surface area contributed by atoms with Gasteiger partial charge in [0.05, 0.1) is 5.54 Å². The van der Waals surface area contributed by atoms with E-state index in [-0.39, 0.29) is 5.54 Å². The topological polar surface area (TPSA) is 26.0 Å². The first-order valence-corrected chi connectivity index (χ1v) is 4.03. The molecule has 2 fully saturated rings. The van der Waals surface area contributed by atoms with Gasteiger partial charge >= 0.3 is 0 Å². The molecule has 3 unspecified atom stereocenters. The van der Waals surface area contributed by atoms with Crippen LogP contribution in [0.15, 0.2) is 0 Å². The van der Waals surface area contributed by atoms with Crippen molar-refractivity contribution in [1.29, 1.82) is 0 Å². The normalized spacial score (nSPS) is 51.2. The monoisotopic (exact) mass is 135 g/mol. The van der Waals surface area contributed by atoms with E-state index in [1.807, 2.05) is 0 Å². The zero-order chi connectivity index (χ0) is 7.19. The fraction of sp³-hybridized carbons (Fsp3) is 0.778. The first kappa shape index (κ1) is 6.24. The summed E-state index contributed by atoms with van der Waals surface area (Å²) in [5, 5.41) is 0. The van der Waals surface area contributed by atoms with Gasteiger partial charge in [0.1, 0.15) is 0 Å². The molecule has 2 rings (SSSR count). The van der Waals surface area contributed by atoms with E-state index >= 15 is 0 Å². The van der Waals surface area contributed by atoms with E-state index in [2.05, 4.69) is 5.92 Å². The minimum absolute atomic E-state index is 0.207. The summed E-state index contributed by atoms with van der Waals surface area (Å²) in [7, 11) is 0. The maximum Gasteiger partial charge on any atom is 0.0807 e. The van der Waals surface area contributed by atoms with Crippen LogP contribution in [0, 0.1) is 24.2 Å². The minimum atomic E-state index is -0.207. The van der Waals surface area contributed by atoms with Gasteiger partial charge in [0.25, 0.3) is 0 Å². The molecular formula is C9H13N. The van der Waals surface area contributed by atoms with Gasteiger partial charge in [-0.05, 0) is 31.1 Å². The summed E-state index contributed by atoms with van der Waals surface area (Å²) in [5.41, 5.74) is 5.74. The predicted octanol–water partition coefficient (Wildman–Crippen LogP) is 1.14. The Morgan fingerprint density at radius 1 is 1.50 bits per heavy atom. The summed E-state index contributed by atoms with van der Waals surface area (Å²) < 4.78 is 0. The highest BCUT2D eigenvalue weighted by Gasteiger charge is 2.51. The Labute approximate surface area is 62.0 Å². The van der Waals surface area contributed by atoms with Crippen molar-refractivity contribution in [3.8, 4) is 12.3 Å². The highest BCUT2D eigenvalue weighted by Crippen LogP contribution is 2.51. The van der Waals surface area contributed by atoms with Gasteiger partial charge in [0, 0.05) is 0 Å². The van der Waals surface area contributed by atoms with Crippen molar-refractivity contribution in [2.45, 2.75) is 31.2 Å². The third-order valence-corrected chi connectivity index (χ3v) is 3.19. The zero-order valence-corrected chi connectivity index (χ0v) is 6.14. The molecule has 1 heteroatoms. The molecule has 0 spiro atoms. The molecule has 0 amide bonds. The Morgan fingerprint density at radius 2 is 2.30 bits per heavy atom. The Bertz CT molecular complexity index is 191. The Hall–Kier alpha value is -0.480. The van der Waals surface area contributed by atoms with Gasteiger partial charge < -0.3 is 5.73 Å². The van der Waals surface area contributed by atoms with Crippen LogP contribution in [-0.4, -0.2) is 5.54 Å². The molecule has 2 saturated carbocycles. The zero-order valence-electron chi connectivity index (χ0n) is 6.14. The summed E-state index contributed by atoms with van der Waals surface area (Å²) >= 11 is 0. The highest BCUT2D eigenvalue weighted by atomic mass is 14.8. The second-order valence-corrected chi connectivity index (χ2v) is 3.69. The number of hydrogen-bond donors (Lipinski definition) is 1. The first-order chi connectivity index (χ1) is 4.76. The van der Waals surface area contributed by atoms with Crippen LogP contribution in [0.5, 0.6) is 0 Å². The molecular weight excluding hydrogens is 122 g/mol. The molecule has 0 aromatic rings. The Balaban J connectivity index is 2.14. The Morgan fingerprint density at radius 3 is 2.90 bits per heavy atom. The molecule has 0 aliphatic heterocycles. The molecule has 2 aliphatic carbocycles. The first-order valence-electron chi connectivity index (χ1n) is 4.03. The summed E-state index contributed by atoms with van der Waals surface area (Å²) in [6.45, 7) is 0. The molecule has 54 valence electrons. The number of rotatable bonds is 0. The van der Waals surface area contributed by atoms with Gasteiger partial charge in [0.2, 0.25) is 0 Å². The van der Waals surface area contributed by atoms with Crippen LogP contribution in [0.25, 0.3) is 0 Å². The standard InChI is InChI=1S/C9H13N/c1-2-9(10)6-7-4-3-5-8(7)9/h1,7-8H,3-6,10H2. The van der Waals surface area contributed by atoms with E-state index in [0.717, 1.165) is 12.3 Å². The molecule has 0 heterocycles. The maximum atomic E-state index is 5.95. The number of fused-ring (bicyclic) bond motifs is 1. The lowest BCUT2D eigenvalue weighted by atomic mass is 9.62. The van der Waals surface area contributed by atoms with Crippen LogP contribution in [0.2, 0.25) is 0 Å². The van der Waals surface area contributed by atoms with Crippen molar-refractivity contribution >= 4 is 0 Å². The van der Waals surface area contributed by atoms with E-state index in [0.29, 0.717) is 5.92 Å². The lowest BCUT2D eigenvalue weighted by Gasteiger charge is -2.46. The van der Waals surface area contributed by atoms with Crippen LogP contribution in [-0.2, 0) is 0 Å². The largest absolute Gasteiger partial charge is 0.315 e. The quantitative estimate of drug-likeness (QED) is 0.495. The molecule has 3 atom stereocenters. The van der Waals surface area contributed by atoms with E-state index in [1.165, 1.54) is 19.3 Å². The molecule has 1 nitrogen and oxygen atoms in total. The SMILES string of the molecule is C#CC1(N)CC2CCCC21. The second kappa shape index (κ2) is 1.77. The van der Waals surface area contributed by atoms with E-state index in [4.69, 9.17) is 12.2 Å². The number of nitrogens with two attached hydrogens (primary N) is 1. The summed E-state index contributed by atoms with van der Waals surface area (Å²) in [4.78, 5) is 0. The third kappa shape index (κ3) is 0.578. The van der Waals surface area contributed by atoms with Crippen molar-refractivity contribution in [2.24, 2.45) is 17.6 Å². The van der Waals surface area contributed by atoms with Crippen molar-refractivity contribution in [2.75, 3.05) is 0 Å². The van der Waals surface area contributed by atoms with E-state index in [9.17, 15) is 0 Å². The van der Waals surface area contributed by atoms with Crippen molar-refractivity contribution < 1.29 is 0 Å². The van der Waals surface area contributed by atoms with Crippen LogP contribution >= 0.6 is 0 Å². The van der Waals surface area contributed by atoms with Crippen LogP contribution in [0.1, 0.15) is 25.7 Å². The van der Waals surface area contributed by atoms with Gasteiger partial charge in [-0.3, -0.25) is 0 Å². The summed E-state index contributed by atoms with van der Waals surface area (Å²) in [6, 6.07) is 0. The highest BCUT2D eigenvalue weighted by molar-refractivity contribution is 5.23. The molecule has 0 aromatic carbocycles. The minimum Gasteiger partial charge on any atom is -0.315 e. The van der Waals surface area contributed by atoms with Gasteiger partial charge in [0.15, 0.2) is 0 Å². The average Bonchev–Trinajstić information content (AvgIpc) is 2.30. The molecule has 2 aliphatic rings. The number of hydrogen-bond acceptors (Lipinski definition) is 1. The molecule has 0 radical (unpaired) electrons. The van der Waals surface area contributed by atoms with Crippen molar-refractivity contribution in [1.82, 2.24) is 0 Å². The fourth-order valence-corrected chi connectivity index (χ4v) is 2.55. The molecule has 0 saturated heterocycles. The van der Waals surface area contributed by atoms with Crippen LogP contribution < -0.4 is 5.73 Å². The van der Waals surface area contributed by atoms with Crippen LogP contribution in [0.4, 0.5) is 0 Å². The van der Waals surface area contributed by atoms with Gasteiger partial charge in [-0.25, -0.2) is 0 Å². The summed E-state index contributed by atoms with van der Waals surface area (Å²) in [5.74, 6) is 4.27. The average molecular weight is 135 g/mol. The van der Waals surface area contributed by atoms with Crippen molar-refractivity contribution in [3.63, 3.8) is 0 Å². The van der Waals surface area contributed by atoms with Crippen LogP contribution in [0.3, 0.4) is 0 Å². The molecule has 0 bridgehead atoms. The predicted molar refractivity (Wildman–Crippen MR) is 41.2 cm³/mol. The maximum absolute atomic E-state index is 5.95. The lowest BCUT2D eigenvalue weighted by molar-refractivity contribution is 0.116.